The van der Waals surface area contributed by atoms with E-state index in [1.165, 1.54) is 11.1 Å². The molecule has 2 atom stereocenters. The summed E-state index contributed by atoms with van der Waals surface area (Å²) in [5.41, 5.74) is 3.17. The lowest BCUT2D eigenvalue weighted by Crippen LogP contribution is -2.48. The van der Waals surface area contributed by atoms with E-state index in [2.05, 4.69) is 42.7 Å². The van der Waals surface area contributed by atoms with Gasteiger partial charge in [0.05, 0.1) is 6.04 Å². The summed E-state index contributed by atoms with van der Waals surface area (Å²) >= 11 is 0. The van der Waals surface area contributed by atoms with Crippen LogP contribution in [0.5, 0.6) is 11.5 Å². The van der Waals surface area contributed by atoms with Crippen molar-refractivity contribution < 1.29 is 19.0 Å². The molecule has 2 unspecified atom stereocenters. The molecule has 2 N–H and O–H groups in total. The van der Waals surface area contributed by atoms with Crippen molar-refractivity contribution in [3.05, 3.63) is 53.6 Å². The number of carbonyl (C=O) groups is 1. The summed E-state index contributed by atoms with van der Waals surface area (Å²) in [6.45, 7) is 8.65. The second-order valence-corrected chi connectivity index (χ2v) is 8.95. The van der Waals surface area contributed by atoms with Gasteiger partial charge < -0.3 is 24.8 Å². The second-order valence-electron chi connectivity index (χ2n) is 8.95. The highest BCUT2D eigenvalue weighted by Crippen LogP contribution is 2.40. The maximum Gasteiger partial charge on any atom is 0.241 e. The highest BCUT2D eigenvalue weighted by Gasteiger charge is 2.36. The molecule has 172 valence electrons. The van der Waals surface area contributed by atoms with Crippen LogP contribution in [-0.2, 0) is 14.9 Å². The zero-order valence-corrected chi connectivity index (χ0v) is 19.3. The van der Waals surface area contributed by atoms with E-state index in [9.17, 15) is 4.79 Å². The molecule has 6 nitrogen and oxygen atoms in total. The average molecular weight is 439 g/mol. The minimum absolute atomic E-state index is 0.0198. The number of hydrogen-bond acceptors (Lipinski definition) is 5. The van der Waals surface area contributed by atoms with Gasteiger partial charge in [-0.05, 0) is 61.4 Å². The van der Waals surface area contributed by atoms with Crippen LogP contribution in [0.3, 0.4) is 0 Å². The van der Waals surface area contributed by atoms with Gasteiger partial charge in [0.2, 0.25) is 12.7 Å². The third-order valence-corrected chi connectivity index (χ3v) is 6.94. The Hall–Kier alpha value is -2.57. The second kappa shape index (κ2) is 9.92. The van der Waals surface area contributed by atoms with Crippen molar-refractivity contribution in [2.24, 2.45) is 0 Å². The largest absolute Gasteiger partial charge is 0.454 e. The fraction of sp³-hybridized carbons (Fsp3) is 0.500. The van der Waals surface area contributed by atoms with E-state index in [1.807, 2.05) is 31.2 Å². The van der Waals surface area contributed by atoms with Crippen LogP contribution in [0.1, 0.15) is 57.1 Å². The Labute approximate surface area is 190 Å². The van der Waals surface area contributed by atoms with Gasteiger partial charge in [-0.25, -0.2) is 0 Å². The van der Waals surface area contributed by atoms with Crippen molar-refractivity contribution in [1.82, 2.24) is 5.32 Å². The van der Waals surface area contributed by atoms with E-state index >= 15 is 0 Å². The van der Waals surface area contributed by atoms with E-state index in [0.29, 0.717) is 25.7 Å². The molecule has 2 aromatic carbocycles. The van der Waals surface area contributed by atoms with Gasteiger partial charge in [-0.3, -0.25) is 4.79 Å². The number of anilines is 1. The molecule has 2 aliphatic heterocycles. The zero-order chi connectivity index (χ0) is 22.6. The highest BCUT2D eigenvalue weighted by atomic mass is 16.7. The Balaban J connectivity index is 1.45. The molecule has 0 radical (unpaired) electrons. The molecule has 32 heavy (non-hydrogen) atoms. The Morgan fingerprint density at radius 2 is 1.81 bits per heavy atom. The first-order valence-corrected chi connectivity index (χ1v) is 11.6. The summed E-state index contributed by atoms with van der Waals surface area (Å²) in [6, 6.07) is 13.9. The van der Waals surface area contributed by atoms with Gasteiger partial charge >= 0.3 is 0 Å². The maximum absolute atomic E-state index is 13.0. The van der Waals surface area contributed by atoms with Gasteiger partial charge in [0, 0.05) is 30.9 Å². The van der Waals surface area contributed by atoms with Gasteiger partial charge in [0.15, 0.2) is 11.5 Å². The lowest BCUT2D eigenvalue weighted by atomic mass is 9.74. The van der Waals surface area contributed by atoms with Crippen molar-refractivity contribution in [3.63, 3.8) is 0 Å². The van der Waals surface area contributed by atoms with Crippen molar-refractivity contribution in [2.75, 3.05) is 31.9 Å². The molecule has 0 aliphatic carbocycles. The third-order valence-electron chi connectivity index (χ3n) is 6.94. The molecule has 0 aromatic heterocycles. The van der Waals surface area contributed by atoms with Gasteiger partial charge in [0.1, 0.15) is 0 Å². The molecule has 1 fully saturated rings. The van der Waals surface area contributed by atoms with Crippen LogP contribution in [0.4, 0.5) is 5.69 Å². The quantitative estimate of drug-likeness (QED) is 0.631. The molecular formula is C26H34N2O4. The molecule has 2 aromatic rings. The number of fused-ring (bicyclic) bond motifs is 1. The molecule has 0 spiro atoms. The van der Waals surface area contributed by atoms with Crippen molar-refractivity contribution in [2.45, 2.75) is 57.4 Å². The number of nitrogens with one attached hydrogen (secondary N) is 2. The van der Waals surface area contributed by atoms with Crippen LogP contribution in [0, 0.1) is 0 Å². The monoisotopic (exact) mass is 438 g/mol. The lowest BCUT2D eigenvalue weighted by molar-refractivity contribution is -0.117. The van der Waals surface area contributed by atoms with Gasteiger partial charge in [-0.2, -0.15) is 0 Å². The number of rotatable bonds is 8. The van der Waals surface area contributed by atoms with Crippen molar-refractivity contribution >= 4 is 11.6 Å². The van der Waals surface area contributed by atoms with E-state index in [0.717, 1.165) is 36.4 Å². The molecule has 0 bridgehead atoms. The topological polar surface area (TPSA) is 68.8 Å². The molecule has 6 heteroatoms. The lowest BCUT2D eigenvalue weighted by Gasteiger charge is -2.38. The SMILES string of the molecule is CCC(C)c1ccccc1NC(=O)C(C)NCC1(c2ccc3c(c2)OCO3)CCOCC1. The van der Waals surface area contributed by atoms with Gasteiger partial charge in [0.25, 0.3) is 0 Å². The van der Waals surface area contributed by atoms with Crippen LogP contribution in [0.15, 0.2) is 42.5 Å². The predicted molar refractivity (Wildman–Crippen MR) is 126 cm³/mol. The first-order chi connectivity index (χ1) is 15.5. The molecule has 2 heterocycles. The summed E-state index contributed by atoms with van der Waals surface area (Å²) in [6.07, 6.45) is 2.82. The molecule has 1 amide bonds. The Morgan fingerprint density at radius 1 is 1.06 bits per heavy atom. The van der Waals surface area contributed by atoms with Crippen LogP contribution >= 0.6 is 0 Å². The number of amides is 1. The number of benzene rings is 2. The number of hydrogen-bond donors (Lipinski definition) is 2. The van der Waals surface area contributed by atoms with Crippen LogP contribution in [0.2, 0.25) is 0 Å². The van der Waals surface area contributed by atoms with E-state index in [4.69, 9.17) is 14.2 Å². The van der Waals surface area contributed by atoms with Crippen LogP contribution in [0.25, 0.3) is 0 Å². The molecule has 2 aliphatic rings. The summed E-state index contributed by atoms with van der Waals surface area (Å²) in [4.78, 5) is 13.0. The summed E-state index contributed by atoms with van der Waals surface area (Å²) in [7, 11) is 0. The highest BCUT2D eigenvalue weighted by molar-refractivity contribution is 5.95. The molecular weight excluding hydrogens is 404 g/mol. The van der Waals surface area contributed by atoms with E-state index < -0.39 is 0 Å². The Kier molecular flexibility index (Phi) is 7.01. The standard InChI is InChI=1S/C26H34N2O4/c1-4-18(2)21-7-5-6-8-22(21)28-25(29)19(3)27-16-26(11-13-30-14-12-26)20-9-10-23-24(15-20)32-17-31-23/h5-10,15,18-19,27H,4,11-14,16-17H2,1-3H3,(H,28,29). The van der Waals surface area contributed by atoms with E-state index in [1.54, 1.807) is 0 Å². The summed E-state index contributed by atoms with van der Waals surface area (Å²) in [5.74, 6) is 1.96. The molecule has 1 saturated heterocycles. The third kappa shape index (κ3) is 4.76. The molecule has 0 saturated carbocycles. The van der Waals surface area contributed by atoms with Crippen LogP contribution < -0.4 is 20.1 Å². The predicted octanol–water partition coefficient (Wildman–Crippen LogP) is 4.59. The van der Waals surface area contributed by atoms with Gasteiger partial charge in [-0.15, -0.1) is 0 Å². The minimum Gasteiger partial charge on any atom is -0.454 e. The van der Waals surface area contributed by atoms with E-state index in [-0.39, 0.29) is 24.2 Å². The fourth-order valence-corrected chi connectivity index (χ4v) is 4.50. The van der Waals surface area contributed by atoms with Crippen molar-refractivity contribution in [1.29, 1.82) is 0 Å². The number of ether oxygens (including phenoxy) is 3. The number of para-hydroxylation sites is 1. The molecule has 4 rings (SSSR count). The van der Waals surface area contributed by atoms with Gasteiger partial charge in [-0.1, -0.05) is 38.1 Å². The van der Waals surface area contributed by atoms with Crippen LogP contribution in [-0.4, -0.2) is 38.5 Å². The van der Waals surface area contributed by atoms with Crippen molar-refractivity contribution in [3.8, 4) is 11.5 Å². The average Bonchev–Trinajstić information content (AvgIpc) is 3.31. The maximum atomic E-state index is 13.0. The zero-order valence-electron chi connectivity index (χ0n) is 19.3. The number of carbonyl (C=O) groups excluding carboxylic acids is 1. The summed E-state index contributed by atoms with van der Waals surface area (Å²) < 4.78 is 16.7. The fourth-order valence-electron chi connectivity index (χ4n) is 4.50. The first-order valence-electron chi connectivity index (χ1n) is 11.6. The Morgan fingerprint density at radius 3 is 2.59 bits per heavy atom. The normalized spacial score (nSPS) is 18.7. The minimum atomic E-state index is -0.325. The first kappa shape index (κ1) is 22.6. The smallest absolute Gasteiger partial charge is 0.241 e. The Bertz CT molecular complexity index is 939. The summed E-state index contributed by atoms with van der Waals surface area (Å²) in [5, 5.41) is 6.64.